The number of aromatic nitrogens is 1. The minimum absolute atomic E-state index is 0.265. The molecule has 0 bridgehead atoms. The van der Waals surface area contributed by atoms with E-state index in [4.69, 9.17) is 9.26 Å². The Labute approximate surface area is 145 Å². The molecule has 0 aliphatic carbocycles. The van der Waals surface area contributed by atoms with Crippen molar-refractivity contribution in [3.8, 4) is 0 Å². The van der Waals surface area contributed by atoms with Gasteiger partial charge < -0.3 is 14.6 Å². The second kappa shape index (κ2) is 8.18. The fourth-order valence-corrected chi connectivity index (χ4v) is 2.16. The van der Waals surface area contributed by atoms with Gasteiger partial charge in [-0.3, -0.25) is 15.4 Å². The molecular formula is C17H22N4O4. The molecule has 0 aliphatic heterocycles. The molecule has 25 heavy (non-hydrogen) atoms. The molecule has 0 aliphatic rings. The number of amides is 2. The van der Waals surface area contributed by atoms with E-state index >= 15 is 0 Å². The molecule has 0 spiro atoms. The number of aryl methyl sites for hydroxylation is 1. The van der Waals surface area contributed by atoms with Crippen molar-refractivity contribution in [2.24, 2.45) is 0 Å². The molecule has 2 aromatic rings. The lowest BCUT2D eigenvalue weighted by Crippen LogP contribution is -2.32. The van der Waals surface area contributed by atoms with Crippen molar-refractivity contribution in [3.63, 3.8) is 0 Å². The average Bonchev–Trinajstić information content (AvgIpc) is 2.96. The van der Waals surface area contributed by atoms with Crippen molar-refractivity contribution in [1.29, 1.82) is 0 Å². The van der Waals surface area contributed by atoms with Gasteiger partial charge in [-0.2, -0.15) is 0 Å². The van der Waals surface area contributed by atoms with Gasteiger partial charge in [0.05, 0.1) is 12.3 Å². The number of nitrogens with zero attached hydrogens (tertiary/aromatic N) is 1. The predicted molar refractivity (Wildman–Crippen MR) is 94.8 cm³/mol. The van der Waals surface area contributed by atoms with E-state index in [-0.39, 0.29) is 5.91 Å². The first-order valence-electron chi connectivity index (χ1n) is 7.94. The first-order valence-corrected chi connectivity index (χ1v) is 7.94. The summed E-state index contributed by atoms with van der Waals surface area (Å²) in [5.41, 5.74) is 2.82. The summed E-state index contributed by atoms with van der Waals surface area (Å²) in [5.74, 6) is 0.0323. The number of nitrogens with one attached hydrogen (secondary N) is 3. The molecule has 8 heteroatoms. The van der Waals surface area contributed by atoms with Gasteiger partial charge in [0.1, 0.15) is 6.04 Å². The molecule has 0 saturated heterocycles. The van der Waals surface area contributed by atoms with E-state index in [9.17, 15) is 9.59 Å². The van der Waals surface area contributed by atoms with Gasteiger partial charge in [0.15, 0.2) is 0 Å². The van der Waals surface area contributed by atoms with Gasteiger partial charge in [-0.1, -0.05) is 11.2 Å². The topological polar surface area (TPSA) is 105 Å². The third kappa shape index (κ3) is 4.97. The lowest BCUT2D eigenvalue weighted by molar-refractivity contribution is -0.116. The standard InChI is InChI=1S/C17H22N4O4/c1-5-24-17(23)19-14-8-6-7-13(11(14)3)18-12(4)16(22)20-15-9-10(2)21-25-15/h6-9,12,18H,5H2,1-4H3,(H,19,23)(H,20,22)/t12-/m1/s1. The van der Waals surface area contributed by atoms with E-state index in [1.54, 1.807) is 39.0 Å². The van der Waals surface area contributed by atoms with Crippen LogP contribution in [0.3, 0.4) is 0 Å². The molecule has 8 nitrogen and oxygen atoms in total. The van der Waals surface area contributed by atoms with Crippen molar-refractivity contribution in [2.75, 3.05) is 22.6 Å². The highest BCUT2D eigenvalue weighted by atomic mass is 16.5. The summed E-state index contributed by atoms with van der Waals surface area (Å²) in [4.78, 5) is 23.8. The largest absolute Gasteiger partial charge is 0.450 e. The van der Waals surface area contributed by atoms with Crippen molar-refractivity contribution in [2.45, 2.75) is 33.7 Å². The molecule has 2 amide bonds. The third-order valence-corrected chi connectivity index (χ3v) is 3.49. The van der Waals surface area contributed by atoms with Crippen LogP contribution < -0.4 is 16.0 Å². The van der Waals surface area contributed by atoms with Crippen molar-refractivity contribution < 1.29 is 18.8 Å². The molecule has 1 aromatic carbocycles. The van der Waals surface area contributed by atoms with Crippen LogP contribution in [0.1, 0.15) is 25.1 Å². The van der Waals surface area contributed by atoms with Crippen molar-refractivity contribution >= 4 is 29.3 Å². The average molecular weight is 346 g/mol. The number of hydrogen-bond acceptors (Lipinski definition) is 6. The Morgan fingerprint density at radius 2 is 1.96 bits per heavy atom. The highest BCUT2D eigenvalue weighted by molar-refractivity contribution is 5.95. The van der Waals surface area contributed by atoms with Crippen molar-refractivity contribution in [1.82, 2.24) is 5.16 Å². The molecule has 1 heterocycles. The first-order chi connectivity index (χ1) is 11.9. The summed E-state index contributed by atoms with van der Waals surface area (Å²) in [6.07, 6.45) is -0.519. The summed E-state index contributed by atoms with van der Waals surface area (Å²) in [6.45, 7) is 7.37. The molecule has 0 fully saturated rings. The van der Waals surface area contributed by atoms with Crippen LogP contribution >= 0.6 is 0 Å². The zero-order chi connectivity index (χ0) is 18.4. The van der Waals surface area contributed by atoms with Gasteiger partial charge in [-0.05, 0) is 45.4 Å². The van der Waals surface area contributed by atoms with Crippen LogP contribution in [0, 0.1) is 13.8 Å². The van der Waals surface area contributed by atoms with Crippen LogP contribution in [-0.2, 0) is 9.53 Å². The highest BCUT2D eigenvalue weighted by Gasteiger charge is 2.16. The molecule has 3 N–H and O–H groups in total. The number of hydrogen-bond donors (Lipinski definition) is 3. The zero-order valence-electron chi connectivity index (χ0n) is 14.7. The molecular weight excluding hydrogens is 324 g/mol. The SMILES string of the molecule is CCOC(=O)Nc1cccc(N[C@H](C)C(=O)Nc2cc(C)no2)c1C. The Kier molecular flexibility index (Phi) is 5.99. The summed E-state index contributed by atoms with van der Waals surface area (Å²) < 4.78 is 9.85. The van der Waals surface area contributed by atoms with Crippen LogP contribution in [-0.4, -0.2) is 29.8 Å². The van der Waals surface area contributed by atoms with Gasteiger partial charge in [0.2, 0.25) is 11.8 Å². The maximum atomic E-state index is 12.2. The fourth-order valence-electron chi connectivity index (χ4n) is 2.16. The Morgan fingerprint density at radius 3 is 2.60 bits per heavy atom. The highest BCUT2D eigenvalue weighted by Crippen LogP contribution is 2.24. The van der Waals surface area contributed by atoms with E-state index in [0.717, 1.165) is 11.3 Å². The number of carbonyl (C=O) groups is 2. The second-order valence-corrected chi connectivity index (χ2v) is 5.51. The third-order valence-electron chi connectivity index (χ3n) is 3.49. The Morgan fingerprint density at radius 1 is 1.24 bits per heavy atom. The summed E-state index contributed by atoms with van der Waals surface area (Å²) in [7, 11) is 0. The predicted octanol–water partition coefficient (Wildman–Crippen LogP) is 3.30. The summed E-state index contributed by atoms with van der Waals surface area (Å²) in [6, 6.07) is 6.48. The summed E-state index contributed by atoms with van der Waals surface area (Å²) in [5, 5.41) is 12.2. The Balaban J connectivity index is 2.03. The minimum atomic E-state index is -0.526. The Hall–Kier alpha value is -3.03. The van der Waals surface area contributed by atoms with Gasteiger partial charge in [-0.25, -0.2) is 4.79 Å². The lowest BCUT2D eigenvalue weighted by atomic mass is 10.1. The molecule has 0 unspecified atom stereocenters. The molecule has 1 aromatic heterocycles. The van der Waals surface area contributed by atoms with Crippen LogP contribution in [0.15, 0.2) is 28.8 Å². The van der Waals surface area contributed by atoms with E-state index in [0.29, 0.717) is 23.9 Å². The molecule has 134 valence electrons. The van der Waals surface area contributed by atoms with E-state index in [2.05, 4.69) is 21.1 Å². The van der Waals surface area contributed by atoms with Crippen LogP contribution in [0.25, 0.3) is 0 Å². The normalized spacial score (nSPS) is 11.5. The van der Waals surface area contributed by atoms with Gasteiger partial charge in [0.25, 0.3) is 0 Å². The number of ether oxygens (including phenoxy) is 1. The van der Waals surface area contributed by atoms with Gasteiger partial charge >= 0.3 is 6.09 Å². The maximum Gasteiger partial charge on any atom is 0.411 e. The van der Waals surface area contributed by atoms with Crippen LogP contribution in [0.4, 0.5) is 22.1 Å². The second-order valence-electron chi connectivity index (χ2n) is 5.51. The van der Waals surface area contributed by atoms with Crippen molar-refractivity contribution in [3.05, 3.63) is 35.5 Å². The van der Waals surface area contributed by atoms with E-state index < -0.39 is 12.1 Å². The minimum Gasteiger partial charge on any atom is -0.450 e. The first kappa shape index (κ1) is 18.3. The van der Waals surface area contributed by atoms with E-state index in [1.807, 2.05) is 13.0 Å². The number of anilines is 3. The van der Waals surface area contributed by atoms with Gasteiger partial charge in [-0.15, -0.1) is 0 Å². The molecule has 2 rings (SSSR count). The molecule has 0 radical (unpaired) electrons. The lowest BCUT2D eigenvalue weighted by Gasteiger charge is -2.18. The van der Waals surface area contributed by atoms with E-state index in [1.165, 1.54) is 0 Å². The monoisotopic (exact) mass is 346 g/mol. The number of rotatable bonds is 6. The number of carbonyl (C=O) groups excluding carboxylic acids is 2. The zero-order valence-corrected chi connectivity index (χ0v) is 14.7. The van der Waals surface area contributed by atoms with Crippen LogP contribution in [0.5, 0.6) is 0 Å². The summed E-state index contributed by atoms with van der Waals surface area (Å²) >= 11 is 0. The van der Waals surface area contributed by atoms with Gasteiger partial charge in [0, 0.05) is 17.4 Å². The molecule has 1 atom stereocenters. The van der Waals surface area contributed by atoms with Crippen LogP contribution in [0.2, 0.25) is 0 Å². The molecule has 0 saturated carbocycles. The quantitative estimate of drug-likeness (QED) is 0.741. The fraction of sp³-hybridized carbons (Fsp3) is 0.353. The number of benzene rings is 1. The Bertz CT molecular complexity index is 757. The smallest absolute Gasteiger partial charge is 0.411 e. The maximum absolute atomic E-state index is 12.2.